The van der Waals surface area contributed by atoms with Gasteiger partial charge in [-0.15, -0.1) is 0 Å². The Morgan fingerprint density at radius 2 is 2.45 bits per heavy atom. The monoisotopic (exact) mass is 161 g/mol. The van der Waals surface area contributed by atoms with Gasteiger partial charge in [-0.2, -0.15) is 0 Å². The molecule has 1 aliphatic heterocycles. The van der Waals surface area contributed by atoms with Gasteiger partial charge in [-0.05, 0) is 6.92 Å². The molecule has 2 atom stereocenters. The molecule has 1 N–H and O–H groups in total. The molecule has 0 bridgehead atoms. The van der Waals surface area contributed by atoms with Crippen molar-refractivity contribution in [2.45, 2.75) is 25.1 Å². The Balaban J connectivity index is 2.61. The molecule has 1 unspecified atom stereocenters. The molecular weight excluding hydrogens is 149 g/mol. The molecule has 1 saturated heterocycles. The lowest BCUT2D eigenvalue weighted by atomic mass is 10.0. The fourth-order valence-corrected chi connectivity index (χ4v) is 1.30. The zero-order valence-corrected chi connectivity index (χ0v) is 6.69. The lowest BCUT2D eigenvalue weighted by molar-refractivity contribution is -0.147. The van der Waals surface area contributed by atoms with E-state index >= 15 is 0 Å². The summed E-state index contributed by atoms with van der Waals surface area (Å²) in [6.45, 7) is 1.89. The van der Waals surface area contributed by atoms with Crippen LogP contribution in [0.3, 0.4) is 0 Å². The van der Waals surface area contributed by atoms with Gasteiger partial charge in [0.1, 0.15) is 11.7 Å². The van der Waals surface area contributed by atoms with Gasteiger partial charge < -0.3 is 4.74 Å². The first-order chi connectivity index (χ1) is 5.08. The van der Waals surface area contributed by atoms with Crippen molar-refractivity contribution in [3.8, 4) is 0 Å². The van der Waals surface area contributed by atoms with Crippen LogP contribution in [0.4, 0.5) is 4.39 Å². The van der Waals surface area contributed by atoms with E-state index < -0.39 is 17.7 Å². The first kappa shape index (κ1) is 8.46. The number of esters is 1. The van der Waals surface area contributed by atoms with Gasteiger partial charge >= 0.3 is 5.97 Å². The Bertz CT molecular complexity index is 174. The summed E-state index contributed by atoms with van der Waals surface area (Å²) in [5.74, 6) is -0.391. The minimum Gasteiger partial charge on any atom is -0.468 e. The van der Waals surface area contributed by atoms with Crippen molar-refractivity contribution in [1.82, 2.24) is 5.32 Å². The summed E-state index contributed by atoms with van der Waals surface area (Å²) >= 11 is 0. The summed E-state index contributed by atoms with van der Waals surface area (Å²) in [6.07, 6.45) is -0.723. The second-order valence-corrected chi connectivity index (χ2v) is 3.01. The van der Waals surface area contributed by atoms with E-state index in [9.17, 15) is 9.18 Å². The average molecular weight is 161 g/mol. The van der Waals surface area contributed by atoms with Crippen LogP contribution in [-0.4, -0.2) is 31.3 Å². The van der Waals surface area contributed by atoms with Crippen LogP contribution in [0, 0.1) is 0 Å². The summed E-state index contributed by atoms with van der Waals surface area (Å²) in [5.41, 5.74) is -0.811. The molecule has 4 heteroatoms. The largest absolute Gasteiger partial charge is 0.468 e. The van der Waals surface area contributed by atoms with E-state index in [1.165, 1.54) is 7.11 Å². The van der Waals surface area contributed by atoms with Crippen LogP contribution in [0.25, 0.3) is 0 Å². The quantitative estimate of drug-likeness (QED) is 0.560. The maximum atomic E-state index is 12.6. The number of rotatable bonds is 1. The van der Waals surface area contributed by atoms with Crippen molar-refractivity contribution in [2.24, 2.45) is 0 Å². The standard InChI is InChI=1S/C7H12FNO2/c1-7(6(10)11-2)3-5(8)4-9-7/h5,9H,3-4H2,1-2H3/t5?,7-/m0/s1. The van der Waals surface area contributed by atoms with Gasteiger partial charge in [-0.1, -0.05) is 0 Å². The maximum Gasteiger partial charge on any atom is 0.325 e. The summed E-state index contributed by atoms with van der Waals surface area (Å²) in [6, 6.07) is 0. The second-order valence-electron chi connectivity index (χ2n) is 3.01. The third-order valence-electron chi connectivity index (χ3n) is 1.98. The zero-order chi connectivity index (χ0) is 8.48. The molecule has 1 fully saturated rings. The van der Waals surface area contributed by atoms with Gasteiger partial charge in [0, 0.05) is 13.0 Å². The minimum absolute atomic E-state index is 0.208. The molecule has 0 aromatic rings. The summed E-state index contributed by atoms with van der Waals surface area (Å²) in [7, 11) is 1.31. The SMILES string of the molecule is COC(=O)[C@]1(C)CC(F)CN1. The van der Waals surface area contributed by atoms with Gasteiger partial charge in [0.25, 0.3) is 0 Å². The third-order valence-corrected chi connectivity index (χ3v) is 1.98. The fraction of sp³-hybridized carbons (Fsp3) is 0.857. The molecule has 0 spiro atoms. The number of methoxy groups -OCH3 is 1. The molecule has 1 aliphatic rings. The topological polar surface area (TPSA) is 38.3 Å². The Morgan fingerprint density at radius 3 is 2.82 bits per heavy atom. The van der Waals surface area contributed by atoms with E-state index in [0.717, 1.165) is 0 Å². The minimum atomic E-state index is -0.931. The lowest BCUT2D eigenvalue weighted by Crippen LogP contribution is -2.45. The van der Waals surface area contributed by atoms with Gasteiger partial charge in [-0.25, -0.2) is 4.39 Å². The molecule has 0 aromatic carbocycles. The van der Waals surface area contributed by atoms with Crippen molar-refractivity contribution in [3.05, 3.63) is 0 Å². The number of hydrogen-bond donors (Lipinski definition) is 1. The van der Waals surface area contributed by atoms with Crippen LogP contribution in [0.1, 0.15) is 13.3 Å². The molecule has 0 aromatic heterocycles. The van der Waals surface area contributed by atoms with Crippen molar-refractivity contribution >= 4 is 5.97 Å². The first-order valence-corrected chi connectivity index (χ1v) is 3.56. The van der Waals surface area contributed by atoms with E-state index in [-0.39, 0.29) is 13.0 Å². The molecule has 64 valence electrons. The van der Waals surface area contributed by atoms with Crippen LogP contribution >= 0.6 is 0 Å². The molecule has 0 aliphatic carbocycles. The zero-order valence-electron chi connectivity index (χ0n) is 6.69. The molecule has 1 heterocycles. The average Bonchev–Trinajstić information content (AvgIpc) is 2.31. The molecule has 0 amide bonds. The predicted molar refractivity (Wildman–Crippen MR) is 37.9 cm³/mol. The van der Waals surface area contributed by atoms with E-state index in [1.54, 1.807) is 6.92 Å². The van der Waals surface area contributed by atoms with E-state index in [2.05, 4.69) is 10.1 Å². The van der Waals surface area contributed by atoms with Crippen molar-refractivity contribution in [1.29, 1.82) is 0 Å². The molecular formula is C7H12FNO2. The van der Waals surface area contributed by atoms with Crippen LogP contribution in [-0.2, 0) is 9.53 Å². The highest BCUT2D eigenvalue weighted by Crippen LogP contribution is 2.22. The number of alkyl halides is 1. The van der Waals surface area contributed by atoms with Crippen LogP contribution in [0.15, 0.2) is 0 Å². The number of nitrogens with one attached hydrogen (secondary N) is 1. The third kappa shape index (κ3) is 1.50. The Morgan fingerprint density at radius 1 is 1.82 bits per heavy atom. The second kappa shape index (κ2) is 2.77. The summed E-state index contributed by atoms with van der Waals surface area (Å²) < 4.78 is 17.2. The number of carbonyl (C=O) groups is 1. The van der Waals surface area contributed by atoms with E-state index in [1.807, 2.05) is 0 Å². The smallest absolute Gasteiger partial charge is 0.325 e. The highest BCUT2D eigenvalue weighted by molar-refractivity contribution is 5.80. The fourth-order valence-electron chi connectivity index (χ4n) is 1.30. The van der Waals surface area contributed by atoms with Crippen LogP contribution < -0.4 is 5.32 Å². The van der Waals surface area contributed by atoms with Gasteiger partial charge in [-0.3, -0.25) is 10.1 Å². The lowest BCUT2D eigenvalue weighted by Gasteiger charge is -2.19. The number of carbonyl (C=O) groups excluding carboxylic acids is 1. The highest BCUT2D eigenvalue weighted by atomic mass is 19.1. The number of ether oxygens (including phenoxy) is 1. The van der Waals surface area contributed by atoms with Gasteiger partial charge in [0.05, 0.1) is 7.11 Å². The number of halogens is 1. The number of hydrogen-bond acceptors (Lipinski definition) is 3. The molecule has 1 rings (SSSR count). The van der Waals surface area contributed by atoms with Crippen molar-refractivity contribution < 1.29 is 13.9 Å². The Kier molecular flexibility index (Phi) is 2.13. The van der Waals surface area contributed by atoms with Gasteiger partial charge in [0.2, 0.25) is 0 Å². The summed E-state index contributed by atoms with van der Waals surface area (Å²) in [5, 5.41) is 2.78. The normalized spacial score (nSPS) is 37.2. The summed E-state index contributed by atoms with van der Waals surface area (Å²) in [4.78, 5) is 11.0. The molecule has 3 nitrogen and oxygen atoms in total. The Hall–Kier alpha value is -0.640. The van der Waals surface area contributed by atoms with Crippen molar-refractivity contribution in [2.75, 3.05) is 13.7 Å². The first-order valence-electron chi connectivity index (χ1n) is 3.56. The van der Waals surface area contributed by atoms with Crippen LogP contribution in [0.2, 0.25) is 0 Å². The van der Waals surface area contributed by atoms with Crippen LogP contribution in [0.5, 0.6) is 0 Å². The van der Waals surface area contributed by atoms with Gasteiger partial charge in [0.15, 0.2) is 0 Å². The predicted octanol–water partition coefficient (Wildman–Crippen LogP) is 0.249. The molecule has 11 heavy (non-hydrogen) atoms. The van der Waals surface area contributed by atoms with E-state index in [4.69, 9.17) is 0 Å². The van der Waals surface area contributed by atoms with Crippen molar-refractivity contribution in [3.63, 3.8) is 0 Å². The Labute approximate surface area is 64.9 Å². The maximum absolute atomic E-state index is 12.6. The van der Waals surface area contributed by atoms with E-state index in [0.29, 0.717) is 0 Å². The molecule has 0 saturated carbocycles. The highest BCUT2D eigenvalue weighted by Gasteiger charge is 2.41. The molecule has 0 radical (unpaired) electrons.